The van der Waals surface area contributed by atoms with Gasteiger partial charge in [-0.2, -0.15) is 0 Å². The SMILES string of the molecule is O=C(O)c1ccc2c(OC(=O)c3c(O)ccc4c(C(=O)O)c(O)ccc34)c(C(=O)O)ccc2c1O. The number of hydrogen-bond acceptors (Lipinski definition) is 8. The molecule has 176 valence electrons. The maximum Gasteiger partial charge on any atom is 0.348 e. The fourth-order valence-corrected chi connectivity index (χ4v) is 3.78. The maximum atomic E-state index is 13.2. The molecular weight excluding hydrogens is 464 g/mol. The molecule has 0 saturated heterocycles. The zero-order valence-corrected chi connectivity index (χ0v) is 17.3. The molecule has 6 N–H and O–H groups in total. The molecule has 0 aliphatic rings. The first-order valence-corrected chi connectivity index (χ1v) is 9.71. The van der Waals surface area contributed by atoms with Gasteiger partial charge in [-0.15, -0.1) is 0 Å². The lowest BCUT2D eigenvalue weighted by molar-refractivity contribution is 0.0669. The van der Waals surface area contributed by atoms with Gasteiger partial charge in [-0.1, -0.05) is 0 Å². The van der Waals surface area contributed by atoms with Gasteiger partial charge in [-0.25, -0.2) is 19.2 Å². The van der Waals surface area contributed by atoms with Crippen LogP contribution in [0.15, 0.2) is 48.5 Å². The summed E-state index contributed by atoms with van der Waals surface area (Å²) in [5, 5.41) is 58.4. The fourth-order valence-electron chi connectivity index (χ4n) is 3.78. The van der Waals surface area contributed by atoms with Crippen molar-refractivity contribution in [1.29, 1.82) is 0 Å². The van der Waals surface area contributed by atoms with Gasteiger partial charge in [0.25, 0.3) is 0 Å². The molecule has 0 heterocycles. The molecule has 0 saturated carbocycles. The lowest BCUT2D eigenvalue weighted by atomic mass is 9.98. The number of rotatable bonds is 5. The zero-order chi connectivity index (χ0) is 25.6. The van der Waals surface area contributed by atoms with E-state index in [-0.39, 0.29) is 21.5 Å². The van der Waals surface area contributed by atoms with Crippen LogP contribution in [0.1, 0.15) is 41.4 Å². The Balaban J connectivity index is 1.94. The zero-order valence-electron chi connectivity index (χ0n) is 17.3. The van der Waals surface area contributed by atoms with Gasteiger partial charge in [0.15, 0.2) is 5.75 Å². The fraction of sp³-hybridized carbons (Fsp3) is 0. The molecule has 11 heteroatoms. The number of aromatic carboxylic acids is 3. The number of phenols is 3. The maximum absolute atomic E-state index is 13.2. The number of benzene rings is 4. The van der Waals surface area contributed by atoms with Crippen LogP contribution >= 0.6 is 0 Å². The van der Waals surface area contributed by atoms with Gasteiger partial charge in [0.05, 0.1) is 0 Å². The van der Waals surface area contributed by atoms with E-state index in [4.69, 9.17) is 4.74 Å². The number of ether oxygens (including phenoxy) is 1. The Labute approximate surface area is 194 Å². The quantitative estimate of drug-likeness (QED) is 0.181. The Hall–Kier alpha value is -5.32. The topological polar surface area (TPSA) is 199 Å². The molecule has 4 aromatic carbocycles. The van der Waals surface area contributed by atoms with E-state index >= 15 is 0 Å². The standard InChI is InChI=1S/C24H14O11/c25-15-7-6-10-9(17(15)23(32)33)5-8-16(26)18(10)24(34)35-20-12-2-3-13(21(28)29)19(27)11(12)1-4-14(20)22(30)31/h1-8,25-27H,(H,28,29)(H,30,31)(H,32,33). The summed E-state index contributed by atoms with van der Waals surface area (Å²) in [4.78, 5) is 47.9. The summed E-state index contributed by atoms with van der Waals surface area (Å²) >= 11 is 0. The van der Waals surface area contributed by atoms with E-state index < -0.39 is 69.1 Å². The van der Waals surface area contributed by atoms with Crippen molar-refractivity contribution in [3.8, 4) is 23.0 Å². The van der Waals surface area contributed by atoms with Gasteiger partial charge in [0, 0.05) is 21.5 Å². The van der Waals surface area contributed by atoms with E-state index in [2.05, 4.69) is 0 Å². The highest BCUT2D eigenvalue weighted by molar-refractivity contribution is 6.15. The number of carbonyl (C=O) groups excluding carboxylic acids is 1. The van der Waals surface area contributed by atoms with Gasteiger partial charge in [0.2, 0.25) is 0 Å². The van der Waals surface area contributed by atoms with Crippen molar-refractivity contribution in [1.82, 2.24) is 0 Å². The molecule has 4 aromatic rings. The summed E-state index contributed by atoms with van der Waals surface area (Å²) in [7, 11) is 0. The van der Waals surface area contributed by atoms with Crippen LogP contribution in [-0.2, 0) is 0 Å². The number of fused-ring (bicyclic) bond motifs is 2. The van der Waals surface area contributed by atoms with Crippen molar-refractivity contribution in [2.45, 2.75) is 0 Å². The summed E-state index contributed by atoms with van der Waals surface area (Å²) < 4.78 is 5.33. The van der Waals surface area contributed by atoms with Crippen LogP contribution < -0.4 is 4.74 Å². The number of carboxylic acids is 3. The molecule has 35 heavy (non-hydrogen) atoms. The number of carbonyl (C=O) groups is 4. The first-order valence-electron chi connectivity index (χ1n) is 9.71. The third kappa shape index (κ3) is 3.66. The number of carboxylic acid groups (broad SMARTS) is 3. The Morgan fingerprint density at radius 1 is 0.543 bits per heavy atom. The smallest absolute Gasteiger partial charge is 0.348 e. The second-order valence-corrected chi connectivity index (χ2v) is 7.32. The summed E-state index contributed by atoms with van der Waals surface area (Å²) in [6.07, 6.45) is 0. The highest BCUT2D eigenvalue weighted by Crippen LogP contribution is 2.39. The Morgan fingerprint density at radius 2 is 1.03 bits per heavy atom. The van der Waals surface area contributed by atoms with Crippen molar-refractivity contribution in [2.24, 2.45) is 0 Å². The number of aromatic hydroxyl groups is 3. The first kappa shape index (κ1) is 22.9. The summed E-state index contributed by atoms with van der Waals surface area (Å²) in [6, 6.07) is 8.68. The normalized spacial score (nSPS) is 10.9. The molecule has 0 aliphatic carbocycles. The molecule has 0 amide bonds. The minimum absolute atomic E-state index is 0.0950. The van der Waals surface area contributed by atoms with Gasteiger partial charge < -0.3 is 35.4 Å². The van der Waals surface area contributed by atoms with Crippen LogP contribution in [0.4, 0.5) is 0 Å². The summed E-state index contributed by atoms with van der Waals surface area (Å²) in [5.41, 5.74) is -2.01. The van der Waals surface area contributed by atoms with Crippen LogP contribution in [0.25, 0.3) is 21.5 Å². The molecular formula is C24H14O11. The second-order valence-electron chi connectivity index (χ2n) is 7.32. The molecule has 0 aromatic heterocycles. The van der Waals surface area contributed by atoms with Crippen molar-refractivity contribution < 1.29 is 54.6 Å². The lowest BCUT2D eigenvalue weighted by Gasteiger charge is -2.15. The molecule has 11 nitrogen and oxygen atoms in total. The van der Waals surface area contributed by atoms with Crippen molar-refractivity contribution in [3.05, 3.63) is 70.8 Å². The van der Waals surface area contributed by atoms with Crippen molar-refractivity contribution in [2.75, 3.05) is 0 Å². The Morgan fingerprint density at radius 3 is 1.60 bits per heavy atom. The summed E-state index contributed by atoms with van der Waals surface area (Å²) in [6.45, 7) is 0. The average molecular weight is 478 g/mol. The van der Waals surface area contributed by atoms with Gasteiger partial charge >= 0.3 is 23.9 Å². The molecule has 0 radical (unpaired) electrons. The van der Waals surface area contributed by atoms with Crippen molar-refractivity contribution in [3.63, 3.8) is 0 Å². The van der Waals surface area contributed by atoms with Crippen LogP contribution in [0.2, 0.25) is 0 Å². The molecule has 0 bridgehead atoms. The predicted molar refractivity (Wildman–Crippen MR) is 119 cm³/mol. The number of esters is 1. The van der Waals surface area contributed by atoms with E-state index in [1.54, 1.807) is 0 Å². The van der Waals surface area contributed by atoms with Crippen molar-refractivity contribution >= 4 is 45.4 Å². The number of hydrogen-bond donors (Lipinski definition) is 6. The van der Waals surface area contributed by atoms with E-state index in [1.807, 2.05) is 0 Å². The minimum atomic E-state index is -1.50. The highest BCUT2D eigenvalue weighted by Gasteiger charge is 2.26. The van der Waals surface area contributed by atoms with E-state index in [9.17, 15) is 49.8 Å². The number of phenolic OH excluding ortho intramolecular Hbond substituents is 1. The largest absolute Gasteiger partial charge is 0.507 e. The minimum Gasteiger partial charge on any atom is -0.507 e. The molecule has 0 spiro atoms. The van der Waals surface area contributed by atoms with Crippen LogP contribution in [0.3, 0.4) is 0 Å². The first-order chi connectivity index (χ1) is 16.5. The average Bonchev–Trinajstić information content (AvgIpc) is 2.78. The van der Waals surface area contributed by atoms with Gasteiger partial charge in [-0.3, -0.25) is 0 Å². The van der Waals surface area contributed by atoms with Crippen LogP contribution in [-0.4, -0.2) is 54.5 Å². The van der Waals surface area contributed by atoms with Crippen LogP contribution in [0, 0.1) is 0 Å². The van der Waals surface area contributed by atoms with E-state index in [0.717, 1.165) is 36.4 Å². The van der Waals surface area contributed by atoms with E-state index in [1.165, 1.54) is 12.1 Å². The molecule has 0 aliphatic heterocycles. The Kier molecular flexibility index (Phi) is 5.37. The third-order valence-electron chi connectivity index (χ3n) is 5.35. The molecule has 0 fully saturated rings. The van der Waals surface area contributed by atoms with Gasteiger partial charge in [0.1, 0.15) is 39.5 Å². The van der Waals surface area contributed by atoms with Gasteiger partial charge in [-0.05, 0) is 48.5 Å². The predicted octanol–water partition coefficient (Wildman–Crippen LogP) is 3.42. The van der Waals surface area contributed by atoms with E-state index in [0.29, 0.717) is 0 Å². The van der Waals surface area contributed by atoms with Crippen LogP contribution in [0.5, 0.6) is 23.0 Å². The summed E-state index contributed by atoms with van der Waals surface area (Å²) in [5.74, 6) is -8.13. The highest BCUT2D eigenvalue weighted by atomic mass is 16.5. The Bertz CT molecular complexity index is 1600. The molecule has 0 unspecified atom stereocenters. The third-order valence-corrected chi connectivity index (χ3v) is 5.35. The molecule has 0 atom stereocenters. The molecule has 4 rings (SSSR count). The monoisotopic (exact) mass is 478 g/mol. The lowest BCUT2D eigenvalue weighted by Crippen LogP contribution is -2.13. The second kappa shape index (κ2) is 8.23.